The standard InChI is InChI=1S/C14H24N2O2/c1-3-4-13-9-14(17,7-8-18-13)6-5-12-10-15-16(2)11-12/h10-11,13,17H,3-9H2,1-2H3. The van der Waals surface area contributed by atoms with Crippen molar-refractivity contribution >= 4 is 0 Å². The van der Waals surface area contributed by atoms with Crippen molar-refractivity contribution in [1.29, 1.82) is 0 Å². The molecule has 2 unspecified atom stereocenters. The Morgan fingerprint density at radius 3 is 3.11 bits per heavy atom. The van der Waals surface area contributed by atoms with Crippen molar-refractivity contribution in [1.82, 2.24) is 9.78 Å². The van der Waals surface area contributed by atoms with Gasteiger partial charge in [0.05, 0.1) is 17.9 Å². The summed E-state index contributed by atoms with van der Waals surface area (Å²) in [5.74, 6) is 0. The highest BCUT2D eigenvalue weighted by atomic mass is 16.5. The van der Waals surface area contributed by atoms with Gasteiger partial charge in [0.2, 0.25) is 0 Å². The Bertz CT molecular complexity index is 376. The normalized spacial score (nSPS) is 28.5. The number of aromatic nitrogens is 2. The highest BCUT2D eigenvalue weighted by Gasteiger charge is 2.34. The lowest BCUT2D eigenvalue weighted by molar-refractivity contribution is -0.108. The van der Waals surface area contributed by atoms with Gasteiger partial charge in [0, 0.05) is 26.3 Å². The maximum absolute atomic E-state index is 10.6. The Labute approximate surface area is 109 Å². The zero-order valence-electron chi connectivity index (χ0n) is 11.4. The summed E-state index contributed by atoms with van der Waals surface area (Å²) in [6.07, 6.45) is 9.54. The summed E-state index contributed by atoms with van der Waals surface area (Å²) in [4.78, 5) is 0. The van der Waals surface area contributed by atoms with E-state index in [4.69, 9.17) is 4.74 Å². The van der Waals surface area contributed by atoms with E-state index in [-0.39, 0.29) is 6.10 Å². The molecule has 0 aromatic carbocycles. The van der Waals surface area contributed by atoms with Gasteiger partial charge in [-0.2, -0.15) is 5.10 Å². The van der Waals surface area contributed by atoms with E-state index in [9.17, 15) is 5.11 Å². The van der Waals surface area contributed by atoms with Gasteiger partial charge in [-0.05, 0) is 31.2 Å². The SMILES string of the molecule is CCCC1CC(O)(CCc2cnn(C)c2)CCO1. The van der Waals surface area contributed by atoms with Crippen LogP contribution in [0.1, 0.15) is 44.6 Å². The van der Waals surface area contributed by atoms with E-state index in [1.54, 1.807) is 0 Å². The molecule has 1 aliphatic rings. The summed E-state index contributed by atoms with van der Waals surface area (Å²) in [5, 5.41) is 14.8. The number of hydrogen-bond donors (Lipinski definition) is 1. The van der Waals surface area contributed by atoms with Gasteiger partial charge in [0.15, 0.2) is 0 Å². The van der Waals surface area contributed by atoms with E-state index < -0.39 is 5.60 Å². The number of nitrogens with zero attached hydrogens (tertiary/aromatic N) is 2. The second kappa shape index (κ2) is 5.85. The van der Waals surface area contributed by atoms with Crippen molar-refractivity contribution in [3.8, 4) is 0 Å². The average Bonchev–Trinajstić information content (AvgIpc) is 2.74. The second-order valence-corrected chi connectivity index (χ2v) is 5.48. The molecule has 0 radical (unpaired) electrons. The van der Waals surface area contributed by atoms with Gasteiger partial charge in [-0.25, -0.2) is 0 Å². The zero-order chi connectivity index (χ0) is 13.0. The van der Waals surface area contributed by atoms with Crippen molar-refractivity contribution < 1.29 is 9.84 Å². The van der Waals surface area contributed by atoms with Crippen LogP contribution in [0.3, 0.4) is 0 Å². The van der Waals surface area contributed by atoms with E-state index in [2.05, 4.69) is 12.0 Å². The van der Waals surface area contributed by atoms with Gasteiger partial charge >= 0.3 is 0 Å². The minimum atomic E-state index is -0.548. The highest BCUT2D eigenvalue weighted by molar-refractivity contribution is 5.05. The lowest BCUT2D eigenvalue weighted by Crippen LogP contribution is -2.41. The Kier molecular flexibility index (Phi) is 4.40. The van der Waals surface area contributed by atoms with Crippen LogP contribution in [-0.4, -0.2) is 33.2 Å². The molecule has 2 atom stereocenters. The summed E-state index contributed by atoms with van der Waals surface area (Å²) in [5.41, 5.74) is 0.651. The molecule has 1 fully saturated rings. The fraction of sp³-hybridized carbons (Fsp3) is 0.786. The Morgan fingerprint density at radius 2 is 2.44 bits per heavy atom. The van der Waals surface area contributed by atoms with Crippen LogP contribution in [0.25, 0.3) is 0 Å². The van der Waals surface area contributed by atoms with Gasteiger partial charge in [0.1, 0.15) is 0 Å². The van der Waals surface area contributed by atoms with Crippen LogP contribution in [-0.2, 0) is 18.2 Å². The first-order chi connectivity index (χ1) is 8.61. The van der Waals surface area contributed by atoms with Gasteiger partial charge in [-0.1, -0.05) is 13.3 Å². The minimum Gasteiger partial charge on any atom is -0.390 e. The Hall–Kier alpha value is -0.870. The number of rotatable bonds is 5. The second-order valence-electron chi connectivity index (χ2n) is 5.48. The molecule has 18 heavy (non-hydrogen) atoms. The van der Waals surface area contributed by atoms with Crippen LogP contribution >= 0.6 is 0 Å². The van der Waals surface area contributed by atoms with Crippen molar-refractivity contribution in [3.05, 3.63) is 18.0 Å². The molecule has 0 amide bonds. The predicted octanol–water partition coefficient (Wildman–Crippen LogP) is 2.06. The molecule has 0 saturated carbocycles. The first-order valence-electron chi connectivity index (χ1n) is 6.93. The minimum absolute atomic E-state index is 0.239. The first-order valence-corrected chi connectivity index (χ1v) is 6.93. The molecule has 1 aliphatic heterocycles. The van der Waals surface area contributed by atoms with Crippen LogP contribution in [0.5, 0.6) is 0 Å². The van der Waals surface area contributed by atoms with Gasteiger partial charge < -0.3 is 9.84 Å². The molecule has 2 rings (SSSR count). The smallest absolute Gasteiger partial charge is 0.0697 e. The topological polar surface area (TPSA) is 47.3 Å². The third-order valence-electron chi connectivity index (χ3n) is 3.78. The van der Waals surface area contributed by atoms with Crippen LogP contribution < -0.4 is 0 Å². The van der Waals surface area contributed by atoms with Gasteiger partial charge in [-0.3, -0.25) is 4.68 Å². The average molecular weight is 252 g/mol. The summed E-state index contributed by atoms with van der Waals surface area (Å²) in [6.45, 7) is 2.85. The van der Waals surface area contributed by atoms with Gasteiger partial charge in [-0.15, -0.1) is 0 Å². The molecular weight excluding hydrogens is 228 g/mol. The van der Waals surface area contributed by atoms with E-state index in [0.717, 1.165) is 38.5 Å². The Morgan fingerprint density at radius 1 is 1.61 bits per heavy atom. The van der Waals surface area contributed by atoms with Crippen molar-refractivity contribution in [2.75, 3.05) is 6.61 Å². The monoisotopic (exact) mass is 252 g/mol. The lowest BCUT2D eigenvalue weighted by Gasteiger charge is -2.37. The molecule has 0 spiro atoms. The quantitative estimate of drug-likeness (QED) is 0.872. The maximum Gasteiger partial charge on any atom is 0.0697 e. The predicted molar refractivity (Wildman–Crippen MR) is 70.4 cm³/mol. The van der Waals surface area contributed by atoms with Crippen molar-refractivity contribution in [2.45, 2.75) is 57.2 Å². The third-order valence-corrected chi connectivity index (χ3v) is 3.78. The van der Waals surface area contributed by atoms with Crippen molar-refractivity contribution in [3.63, 3.8) is 0 Å². The number of aliphatic hydroxyl groups is 1. The highest BCUT2D eigenvalue weighted by Crippen LogP contribution is 2.30. The molecule has 1 saturated heterocycles. The summed E-state index contributed by atoms with van der Waals surface area (Å²) >= 11 is 0. The zero-order valence-corrected chi connectivity index (χ0v) is 11.4. The Balaban J connectivity index is 1.86. The fourth-order valence-electron chi connectivity index (χ4n) is 2.71. The molecule has 4 heteroatoms. The largest absolute Gasteiger partial charge is 0.390 e. The van der Waals surface area contributed by atoms with E-state index in [1.807, 2.05) is 24.1 Å². The molecule has 0 aliphatic carbocycles. The molecule has 1 N–H and O–H groups in total. The molecule has 1 aromatic rings. The molecule has 4 nitrogen and oxygen atoms in total. The maximum atomic E-state index is 10.6. The van der Waals surface area contributed by atoms with E-state index in [0.29, 0.717) is 6.61 Å². The first kappa shape index (κ1) is 13.6. The molecular formula is C14H24N2O2. The number of ether oxygens (including phenoxy) is 1. The number of aryl methyl sites for hydroxylation is 2. The van der Waals surface area contributed by atoms with Crippen LogP contribution in [0.4, 0.5) is 0 Å². The van der Waals surface area contributed by atoms with Crippen molar-refractivity contribution in [2.24, 2.45) is 7.05 Å². The molecule has 2 heterocycles. The van der Waals surface area contributed by atoms with Crippen LogP contribution in [0.15, 0.2) is 12.4 Å². The lowest BCUT2D eigenvalue weighted by atomic mass is 9.84. The summed E-state index contributed by atoms with van der Waals surface area (Å²) < 4.78 is 7.50. The summed E-state index contributed by atoms with van der Waals surface area (Å²) in [6, 6.07) is 0. The fourth-order valence-corrected chi connectivity index (χ4v) is 2.71. The molecule has 1 aromatic heterocycles. The van der Waals surface area contributed by atoms with Crippen LogP contribution in [0.2, 0.25) is 0 Å². The van der Waals surface area contributed by atoms with E-state index >= 15 is 0 Å². The summed E-state index contributed by atoms with van der Waals surface area (Å²) in [7, 11) is 1.92. The molecule has 0 bridgehead atoms. The third kappa shape index (κ3) is 3.56. The number of hydrogen-bond acceptors (Lipinski definition) is 3. The molecule has 102 valence electrons. The van der Waals surface area contributed by atoms with E-state index in [1.165, 1.54) is 5.56 Å². The van der Waals surface area contributed by atoms with Crippen LogP contribution in [0, 0.1) is 0 Å². The van der Waals surface area contributed by atoms with Gasteiger partial charge in [0.25, 0.3) is 0 Å².